The third-order valence-electron chi connectivity index (χ3n) is 2.61. The van der Waals surface area contributed by atoms with Crippen LogP contribution in [0.4, 0.5) is 8.78 Å². The number of hydrogen-bond acceptors (Lipinski definition) is 1. The zero-order chi connectivity index (χ0) is 13.5. The molecule has 1 aromatic rings. The molecule has 18 heavy (non-hydrogen) atoms. The van der Waals surface area contributed by atoms with Crippen LogP contribution in [-0.4, -0.2) is 36.2 Å². The second-order valence-electron chi connectivity index (χ2n) is 3.88. The number of carbonyl (C=O) groups is 1. The first-order valence-electron chi connectivity index (χ1n) is 5.80. The predicted molar refractivity (Wildman–Crippen MR) is 68.4 cm³/mol. The minimum atomic E-state index is -2.55. The van der Waals surface area contributed by atoms with E-state index >= 15 is 0 Å². The Morgan fingerprint density at radius 1 is 1.33 bits per heavy atom. The molecular weight excluding hydrogens is 260 g/mol. The molecule has 0 unspecified atom stereocenters. The Morgan fingerprint density at radius 2 is 1.94 bits per heavy atom. The highest BCUT2D eigenvalue weighted by Gasteiger charge is 2.18. The van der Waals surface area contributed by atoms with E-state index in [0.29, 0.717) is 5.56 Å². The summed E-state index contributed by atoms with van der Waals surface area (Å²) in [5.41, 5.74) is 1.52. The van der Waals surface area contributed by atoms with Crippen LogP contribution in [0.25, 0.3) is 0 Å². The van der Waals surface area contributed by atoms with Gasteiger partial charge in [0.2, 0.25) is 0 Å². The van der Waals surface area contributed by atoms with Gasteiger partial charge in [-0.15, -0.1) is 11.6 Å². The van der Waals surface area contributed by atoms with Gasteiger partial charge in [-0.05, 0) is 24.1 Å². The summed E-state index contributed by atoms with van der Waals surface area (Å²) in [6.07, 6.45) is -1.68. The third kappa shape index (κ3) is 4.26. The summed E-state index contributed by atoms with van der Waals surface area (Å²) in [7, 11) is 0. The average molecular weight is 276 g/mol. The van der Waals surface area contributed by atoms with Crippen LogP contribution >= 0.6 is 11.6 Å². The van der Waals surface area contributed by atoms with Gasteiger partial charge in [0.25, 0.3) is 12.3 Å². The summed E-state index contributed by atoms with van der Waals surface area (Å²) in [6.45, 7) is 1.55. The van der Waals surface area contributed by atoms with E-state index in [4.69, 9.17) is 11.6 Å². The maximum absolute atomic E-state index is 12.4. The molecule has 0 aliphatic heterocycles. The van der Waals surface area contributed by atoms with E-state index in [1.54, 1.807) is 12.1 Å². The maximum atomic E-state index is 12.4. The molecule has 2 nitrogen and oxygen atoms in total. The standard InChI is InChI=1S/C13H16ClF2NO/c1-2-10-3-5-11(6-4-10)13(18)17(8-7-14)9-12(15)16/h3-6,12H,2,7-9H2,1H3. The Hall–Kier alpha value is -1.16. The molecule has 0 aliphatic rings. The number of aryl methyl sites for hydroxylation is 1. The van der Waals surface area contributed by atoms with Gasteiger partial charge in [-0.1, -0.05) is 19.1 Å². The first-order valence-corrected chi connectivity index (χ1v) is 6.34. The van der Waals surface area contributed by atoms with E-state index in [1.807, 2.05) is 19.1 Å². The lowest BCUT2D eigenvalue weighted by molar-refractivity contribution is 0.0571. The van der Waals surface area contributed by atoms with Gasteiger partial charge >= 0.3 is 0 Å². The number of rotatable bonds is 6. The molecule has 0 heterocycles. The molecule has 0 fully saturated rings. The van der Waals surface area contributed by atoms with Gasteiger partial charge in [-0.2, -0.15) is 0 Å². The number of amides is 1. The Balaban J connectivity index is 2.80. The molecular formula is C13H16ClF2NO. The highest BCUT2D eigenvalue weighted by molar-refractivity contribution is 6.18. The van der Waals surface area contributed by atoms with Crippen LogP contribution < -0.4 is 0 Å². The van der Waals surface area contributed by atoms with Crippen molar-refractivity contribution in [1.82, 2.24) is 4.90 Å². The lowest BCUT2D eigenvalue weighted by Gasteiger charge is -2.21. The molecule has 0 atom stereocenters. The summed E-state index contributed by atoms with van der Waals surface area (Å²) >= 11 is 5.52. The van der Waals surface area contributed by atoms with Gasteiger partial charge in [-0.3, -0.25) is 4.79 Å². The second kappa shape index (κ2) is 7.31. The molecule has 1 aromatic carbocycles. The summed E-state index contributed by atoms with van der Waals surface area (Å²) in [5.74, 6) is -0.260. The van der Waals surface area contributed by atoms with Gasteiger partial charge in [0, 0.05) is 18.0 Å². The summed E-state index contributed by atoms with van der Waals surface area (Å²) in [5, 5.41) is 0. The van der Waals surface area contributed by atoms with Crippen molar-refractivity contribution in [2.45, 2.75) is 19.8 Å². The predicted octanol–water partition coefficient (Wildman–Crippen LogP) is 3.20. The molecule has 1 rings (SSSR count). The zero-order valence-electron chi connectivity index (χ0n) is 10.2. The maximum Gasteiger partial charge on any atom is 0.255 e. The van der Waals surface area contributed by atoms with Gasteiger partial charge in [0.05, 0.1) is 6.54 Å². The van der Waals surface area contributed by atoms with E-state index in [9.17, 15) is 13.6 Å². The molecule has 0 radical (unpaired) electrons. The van der Waals surface area contributed by atoms with Crippen molar-refractivity contribution < 1.29 is 13.6 Å². The topological polar surface area (TPSA) is 20.3 Å². The minimum absolute atomic E-state index is 0.125. The summed E-state index contributed by atoms with van der Waals surface area (Å²) in [6, 6.07) is 6.98. The van der Waals surface area contributed by atoms with Crippen LogP contribution in [0.2, 0.25) is 0 Å². The number of halogens is 3. The lowest BCUT2D eigenvalue weighted by Crippen LogP contribution is -2.36. The van der Waals surface area contributed by atoms with Crippen molar-refractivity contribution in [1.29, 1.82) is 0 Å². The molecule has 0 N–H and O–H groups in total. The fraction of sp³-hybridized carbons (Fsp3) is 0.462. The van der Waals surface area contributed by atoms with Crippen molar-refractivity contribution >= 4 is 17.5 Å². The number of benzene rings is 1. The van der Waals surface area contributed by atoms with Crippen LogP contribution in [0.1, 0.15) is 22.8 Å². The quantitative estimate of drug-likeness (QED) is 0.730. The van der Waals surface area contributed by atoms with E-state index in [1.165, 1.54) is 0 Å². The van der Waals surface area contributed by atoms with Gasteiger partial charge in [-0.25, -0.2) is 8.78 Å². The van der Waals surface area contributed by atoms with Crippen molar-refractivity contribution in [3.8, 4) is 0 Å². The molecule has 0 aliphatic carbocycles. The molecule has 0 aromatic heterocycles. The normalized spacial score (nSPS) is 10.7. The van der Waals surface area contributed by atoms with Gasteiger partial charge < -0.3 is 4.90 Å². The number of nitrogens with zero attached hydrogens (tertiary/aromatic N) is 1. The molecule has 0 saturated heterocycles. The van der Waals surface area contributed by atoms with E-state index < -0.39 is 18.9 Å². The fourth-order valence-electron chi connectivity index (χ4n) is 1.61. The lowest BCUT2D eigenvalue weighted by atomic mass is 10.1. The molecule has 0 bridgehead atoms. The number of hydrogen-bond donors (Lipinski definition) is 0. The van der Waals surface area contributed by atoms with Gasteiger partial charge in [0.15, 0.2) is 0 Å². The third-order valence-corrected chi connectivity index (χ3v) is 2.78. The monoisotopic (exact) mass is 275 g/mol. The Labute approximate surface area is 111 Å². The van der Waals surface area contributed by atoms with Crippen LogP contribution in [-0.2, 0) is 6.42 Å². The summed E-state index contributed by atoms with van der Waals surface area (Å²) in [4.78, 5) is 13.1. The highest BCUT2D eigenvalue weighted by atomic mass is 35.5. The zero-order valence-corrected chi connectivity index (χ0v) is 11.0. The largest absolute Gasteiger partial charge is 0.332 e. The molecule has 0 spiro atoms. The van der Waals surface area contributed by atoms with E-state index in [0.717, 1.165) is 16.9 Å². The minimum Gasteiger partial charge on any atom is -0.332 e. The molecule has 100 valence electrons. The highest BCUT2D eigenvalue weighted by Crippen LogP contribution is 2.10. The van der Waals surface area contributed by atoms with Crippen LogP contribution in [0.15, 0.2) is 24.3 Å². The number of carbonyl (C=O) groups excluding carboxylic acids is 1. The van der Waals surface area contributed by atoms with Crippen molar-refractivity contribution in [2.24, 2.45) is 0 Å². The molecule has 1 amide bonds. The van der Waals surface area contributed by atoms with Crippen molar-refractivity contribution in [3.63, 3.8) is 0 Å². The molecule has 5 heteroatoms. The number of alkyl halides is 3. The van der Waals surface area contributed by atoms with E-state index in [-0.39, 0.29) is 12.4 Å². The fourth-order valence-corrected chi connectivity index (χ4v) is 1.81. The average Bonchev–Trinajstić information content (AvgIpc) is 2.37. The SMILES string of the molecule is CCc1ccc(C(=O)N(CCCl)CC(F)F)cc1. The van der Waals surface area contributed by atoms with Gasteiger partial charge in [0.1, 0.15) is 0 Å². The molecule has 0 saturated carbocycles. The first-order chi connectivity index (χ1) is 8.58. The second-order valence-corrected chi connectivity index (χ2v) is 4.26. The van der Waals surface area contributed by atoms with Crippen LogP contribution in [0.5, 0.6) is 0 Å². The Bertz CT molecular complexity index is 381. The van der Waals surface area contributed by atoms with Crippen molar-refractivity contribution in [3.05, 3.63) is 35.4 Å². The van der Waals surface area contributed by atoms with Crippen LogP contribution in [0.3, 0.4) is 0 Å². The van der Waals surface area contributed by atoms with E-state index in [2.05, 4.69) is 0 Å². The van der Waals surface area contributed by atoms with Crippen LogP contribution in [0, 0.1) is 0 Å². The Kier molecular flexibility index (Phi) is 6.05. The Morgan fingerprint density at radius 3 is 2.39 bits per heavy atom. The first kappa shape index (κ1) is 14.9. The smallest absolute Gasteiger partial charge is 0.255 e. The summed E-state index contributed by atoms with van der Waals surface area (Å²) < 4.78 is 24.7. The van der Waals surface area contributed by atoms with Crippen molar-refractivity contribution in [2.75, 3.05) is 19.0 Å².